The Balaban J connectivity index is 1.62. The summed E-state index contributed by atoms with van der Waals surface area (Å²) in [7, 11) is 0. The fourth-order valence-electron chi connectivity index (χ4n) is 4.94. The Labute approximate surface area is 234 Å². The van der Waals surface area contributed by atoms with Crippen molar-refractivity contribution < 1.29 is 23.5 Å². The number of ketones is 1. The molecule has 2 heterocycles. The molecule has 1 aliphatic heterocycles. The summed E-state index contributed by atoms with van der Waals surface area (Å²) in [4.78, 5) is 35.6. The van der Waals surface area contributed by atoms with Crippen molar-refractivity contribution in [1.82, 2.24) is 4.98 Å². The molecule has 1 N–H and O–H groups in total. The number of hydrogen-bond donors (Lipinski definition) is 1. The number of carbonyl (C=O) groups excluding carboxylic acids is 2. The number of carbonyl (C=O) groups is 2. The lowest BCUT2D eigenvalue weighted by Crippen LogP contribution is -2.31. The van der Waals surface area contributed by atoms with Crippen molar-refractivity contribution in [1.29, 1.82) is 0 Å². The van der Waals surface area contributed by atoms with Crippen LogP contribution in [0.1, 0.15) is 40.8 Å². The van der Waals surface area contributed by atoms with E-state index in [9.17, 15) is 23.5 Å². The summed E-state index contributed by atoms with van der Waals surface area (Å²) in [6.45, 7) is 7.35. The van der Waals surface area contributed by atoms with E-state index in [4.69, 9.17) is 0 Å². The molecule has 0 aliphatic carbocycles. The molecule has 40 heavy (non-hydrogen) atoms. The fraction of sp³-hybridized carbons (Fsp3) is 0.194. The smallest absolute Gasteiger partial charge is 0.294 e. The summed E-state index contributed by atoms with van der Waals surface area (Å²) in [5, 5.41) is 11.7. The first-order valence-electron chi connectivity index (χ1n) is 12.9. The van der Waals surface area contributed by atoms with Gasteiger partial charge in [-0.3, -0.25) is 14.5 Å². The normalized spacial score (nSPS) is 15.2. The first-order chi connectivity index (χ1) is 19.2. The van der Waals surface area contributed by atoms with Gasteiger partial charge in [-0.25, -0.2) is 13.8 Å². The highest BCUT2D eigenvalue weighted by molar-refractivity contribution is 7.17. The van der Waals surface area contributed by atoms with Crippen LogP contribution in [0.2, 0.25) is 0 Å². The van der Waals surface area contributed by atoms with E-state index in [2.05, 4.69) is 9.88 Å². The van der Waals surface area contributed by atoms with Gasteiger partial charge >= 0.3 is 0 Å². The number of Topliss-reactive ketones (excluding diaryl/α,β-unsaturated/α-hetero) is 1. The lowest BCUT2D eigenvalue weighted by Gasteiger charge is -2.28. The predicted molar refractivity (Wildman–Crippen MR) is 153 cm³/mol. The molecule has 3 aromatic carbocycles. The number of halogens is 2. The van der Waals surface area contributed by atoms with Gasteiger partial charge in [0, 0.05) is 36.1 Å². The topological polar surface area (TPSA) is 73.7 Å². The Kier molecular flexibility index (Phi) is 7.49. The standard InChI is InChI=1S/C31H27F2N3O3S/c1-4-35(5-2)21-13-11-19(12-14-21)26-25(28(38)31(39)36(26)22-15-16-23(32)24(33)17-22)27(37)29-18(3)34-30(40-29)20-9-7-6-8-10-20/h6-17,26,38H,4-5H2,1-3H3. The molecule has 0 saturated carbocycles. The van der Waals surface area contributed by atoms with Gasteiger partial charge in [0.1, 0.15) is 5.01 Å². The Morgan fingerprint density at radius 1 is 1.00 bits per heavy atom. The van der Waals surface area contributed by atoms with Crippen molar-refractivity contribution in [3.63, 3.8) is 0 Å². The average Bonchev–Trinajstić information content (AvgIpc) is 3.48. The number of rotatable bonds is 8. The van der Waals surface area contributed by atoms with E-state index < -0.39 is 35.1 Å². The molecule has 1 atom stereocenters. The molecule has 204 valence electrons. The molecular weight excluding hydrogens is 532 g/mol. The molecular formula is C31H27F2N3O3S. The van der Waals surface area contributed by atoms with Crippen molar-refractivity contribution in [2.24, 2.45) is 0 Å². The number of benzene rings is 3. The van der Waals surface area contributed by atoms with Crippen molar-refractivity contribution >= 4 is 34.4 Å². The summed E-state index contributed by atoms with van der Waals surface area (Å²) < 4.78 is 28.1. The lowest BCUT2D eigenvalue weighted by molar-refractivity contribution is -0.117. The van der Waals surface area contributed by atoms with Gasteiger partial charge in [-0.1, -0.05) is 42.5 Å². The second-order valence-electron chi connectivity index (χ2n) is 9.33. The summed E-state index contributed by atoms with van der Waals surface area (Å²) in [5.74, 6) is -4.38. The quantitative estimate of drug-likeness (QED) is 0.235. The van der Waals surface area contributed by atoms with Gasteiger partial charge in [0.05, 0.1) is 22.2 Å². The largest absolute Gasteiger partial charge is 0.503 e. The first-order valence-corrected chi connectivity index (χ1v) is 13.7. The molecule has 6 nitrogen and oxygen atoms in total. The predicted octanol–water partition coefficient (Wildman–Crippen LogP) is 7.03. The van der Waals surface area contributed by atoms with Crippen LogP contribution in [0, 0.1) is 18.6 Å². The van der Waals surface area contributed by atoms with Crippen LogP contribution < -0.4 is 9.80 Å². The third-order valence-electron chi connectivity index (χ3n) is 7.00. The Hall–Kier alpha value is -4.37. The number of aliphatic hydroxyl groups excluding tert-OH is 1. The van der Waals surface area contributed by atoms with E-state index in [1.807, 2.05) is 56.3 Å². The van der Waals surface area contributed by atoms with Crippen LogP contribution in [0.4, 0.5) is 20.2 Å². The number of nitrogens with zero attached hydrogens (tertiary/aromatic N) is 3. The van der Waals surface area contributed by atoms with Gasteiger partial charge < -0.3 is 10.0 Å². The molecule has 9 heteroatoms. The van der Waals surface area contributed by atoms with Crippen molar-refractivity contribution in [2.75, 3.05) is 22.9 Å². The zero-order valence-corrected chi connectivity index (χ0v) is 23.0. The van der Waals surface area contributed by atoms with Crippen molar-refractivity contribution in [3.05, 3.63) is 112 Å². The number of aliphatic hydroxyl groups is 1. The summed E-state index contributed by atoms with van der Waals surface area (Å²) in [6.07, 6.45) is 0. The van der Waals surface area contributed by atoms with Crippen LogP contribution in [0.25, 0.3) is 10.6 Å². The number of anilines is 2. The summed E-state index contributed by atoms with van der Waals surface area (Å²) >= 11 is 1.17. The lowest BCUT2D eigenvalue weighted by atomic mass is 9.94. The average molecular weight is 560 g/mol. The van der Waals surface area contributed by atoms with Crippen LogP contribution in [-0.4, -0.2) is 34.9 Å². The van der Waals surface area contributed by atoms with Gasteiger partial charge in [-0.15, -0.1) is 11.3 Å². The minimum absolute atomic E-state index is 0.0158. The summed E-state index contributed by atoms with van der Waals surface area (Å²) in [5.41, 5.74) is 2.65. The molecule has 4 aromatic rings. The molecule has 0 spiro atoms. The van der Waals surface area contributed by atoms with E-state index in [1.54, 1.807) is 19.1 Å². The molecule has 1 aliphatic rings. The van der Waals surface area contributed by atoms with E-state index in [0.717, 1.165) is 41.4 Å². The number of aromatic nitrogens is 1. The maximum Gasteiger partial charge on any atom is 0.294 e. The number of aryl methyl sites for hydroxylation is 1. The monoisotopic (exact) mass is 559 g/mol. The van der Waals surface area contributed by atoms with Crippen LogP contribution in [0.3, 0.4) is 0 Å². The maximum absolute atomic E-state index is 14.3. The zero-order valence-electron chi connectivity index (χ0n) is 22.2. The summed E-state index contributed by atoms with van der Waals surface area (Å²) in [6, 6.07) is 18.7. The Bertz CT molecular complexity index is 1610. The SMILES string of the molecule is CCN(CC)c1ccc(C2C(C(=O)c3sc(-c4ccccc4)nc3C)=C(O)C(=O)N2c2ccc(F)c(F)c2)cc1. The minimum Gasteiger partial charge on any atom is -0.503 e. The Morgan fingerprint density at radius 2 is 1.68 bits per heavy atom. The van der Waals surface area contributed by atoms with Crippen molar-refractivity contribution in [2.45, 2.75) is 26.8 Å². The first kappa shape index (κ1) is 27.2. The molecule has 1 aromatic heterocycles. The molecule has 0 radical (unpaired) electrons. The second-order valence-corrected chi connectivity index (χ2v) is 10.3. The molecule has 0 saturated heterocycles. The van der Waals surface area contributed by atoms with Gasteiger partial charge in [0.25, 0.3) is 5.91 Å². The van der Waals surface area contributed by atoms with Gasteiger partial charge in [-0.2, -0.15) is 0 Å². The van der Waals surface area contributed by atoms with Gasteiger partial charge in [0.2, 0.25) is 5.78 Å². The van der Waals surface area contributed by atoms with E-state index in [-0.39, 0.29) is 16.1 Å². The number of hydrogen-bond acceptors (Lipinski definition) is 6. The highest BCUT2D eigenvalue weighted by Crippen LogP contribution is 2.44. The molecule has 1 amide bonds. The third kappa shape index (κ3) is 4.77. The van der Waals surface area contributed by atoms with Gasteiger partial charge in [0.15, 0.2) is 17.4 Å². The number of amides is 1. The minimum atomic E-state index is -1.15. The van der Waals surface area contributed by atoms with Crippen LogP contribution in [0.5, 0.6) is 0 Å². The third-order valence-corrected chi connectivity index (χ3v) is 8.20. The molecule has 0 bridgehead atoms. The fourth-order valence-corrected chi connectivity index (χ4v) is 5.97. The highest BCUT2D eigenvalue weighted by Gasteiger charge is 2.45. The molecule has 1 unspecified atom stereocenters. The van der Waals surface area contributed by atoms with Crippen LogP contribution in [-0.2, 0) is 4.79 Å². The van der Waals surface area contributed by atoms with Crippen LogP contribution >= 0.6 is 11.3 Å². The van der Waals surface area contributed by atoms with Gasteiger partial charge in [-0.05, 0) is 50.6 Å². The second kappa shape index (κ2) is 11.0. The molecule has 0 fully saturated rings. The van der Waals surface area contributed by atoms with E-state index >= 15 is 0 Å². The Morgan fingerprint density at radius 3 is 2.30 bits per heavy atom. The van der Waals surface area contributed by atoms with Crippen LogP contribution in [0.15, 0.2) is 84.1 Å². The van der Waals surface area contributed by atoms with E-state index in [1.165, 1.54) is 17.4 Å². The highest BCUT2D eigenvalue weighted by atomic mass is 32.1. The molecule has 5 rings (SSSR count). The van der Waals surface area contributed by atoms with E-state index in [0.29, 0.717) is 16.3 Å². The number of thiazole rings is 1. The van der Waals surface area contributed by atoms with Crippen molar-refractivity contribution in [3.8, 4) is 10.6 Å². The maximum atomic E-state index is 14.3. The zero-order chi connectivity index (χ0) is 28.6.